The minimum atomic E-state index is -0.417. The summed E-state index contributed by atoms with van der Waals surface area (Å²) in [4.78, 5) is 19.8. The number of nitrogens with one attached hydrogen (secondary N) is 1. The highest BCUT2D eigenvalue weighted by atomic mass is 16.5. The molecular weight excluding hydrogens is 436 g/mol. The molecule has 176 valence electrons. The molecular formula is C29H28N4O2. The number of carbonyl (C=O) groups excluding carboxylic acids is 1. The Hall–Kier alpha value is -4.19. The summed E-state index contributed by atoms with van der Waals surface area (Å²) in [5.74, 6) is 0.907. The fourth-order valence-electron chi connectivity index (χ4n) is 4.45. The summed E-state index contributed by atoms with van der Waals surface area (Å²) < 4.78 is 5.81. The molecule has 0 fully saturated rings. The van der Waals surface area contributed by atoms with Gasteiger partial charge in [0.05, 0.1) is 17.3 Å². The van der Waals surface area contributed by atoms with Gasteiger partial charge < -0.3 is 9.84 Å². The third-order valence-electron chi connectivity index (χ3n) is 6.43. The summed E-state index contributed by atoms with van der Waals surface area (Å²) in [5.41, 5.74) is 7.62. The van der Waals surface area contributed by atoms with Crippen LogP contribution in [-0.4, -0.2) is 16.2 Å². The largest absolute Gasteiger partial charge is 0.334 e. The second-order valence-corrected chi connectivity index (χ2v) is 8.94. The van der Waals surface area contributed by atoms with E-state index in [0.29, 0.717) is 11.7 Å². The second kappa shape index (κ2) is 9.22. The summed E-state index contributed by atoms with van der Waals surface area (Å²) in [7, 11) is 0. The molecule has 6 heteroatoms. The molecule has 0 saturated heterocycles. The van der Waals surface area contributed by atoms with Crippen LogP contribution < -0.4 is 10.2 Å². The molecule has 1 N–H and O–H groups in total. The molecule has 1 aliphatic heterocycles. The average Bonchev–Trinajstić information content (AvgIpc) is 3.34. The van der Waals surface area contributed by atoms with E-state index >= 15 is 0 Å². The molecule has 35 heavy (non-hydrogen) atoms. The summed E-state index contributed by atoms with van der Waals surface area (Å²) in [6, 6.07) is 23.5. The predicted octanol–water partition coefficient (Wildman–Crippen LogP) is 6.62. The smallest absolute Gasteiger partial charge is 0.326 e. The predicted molar refractivity (Wildman–Crippen MR) is 138 cm³/mol. The Bertz CT molecular complexity index is 1400. The Morgan fingerprint density at radius 1 is 0.943 bits per heavy atom. The quantitative estimate of drug-likeness (QED) is 0.360. The van der Waals surface area contributed by atoms with E-state index in [-0.39, 0.29) is 6.03 Å². The van der Waals surface area contributed by atoms with Gasteiger partial charge >= 0.3 is 6.03 Å². The molecule has 4 aromatic rings. The van der Waals surface area contributed by atoms with Gasteiger partial charge in [-0.2, -0.15) is 4.98 Å². The fraction of sp³-hybridized carbons (Fsp3) is 0.207. The van der Waals surface area contributed by atoms with Crippen molar-refractivity contribution in [3.8, 4) is 11.4 Å². The number of carbonyl (C=O) groups is 1. The van der Waals surface area contributed by atoms with Gasteiger partial charge in [0.2, 0.25) is 5.82 Å². The molecule has 5 rings (SSSR count). The molecule has 1 aliphatic rings. The maximum Gasteiger partial charge on any atom is 0.326 e. The molecule has 0 spiro atoms. The first-order valence-corrected chi connectivity index (χ1v) is 11.8. The van der Waals surface area contributed by atoms with Crippen LogP contribution in [0.5, 0.6) is 0 Å². The van der Waals surface area contributed by atoms with E-state index in [2.05, 4.69) is 29.5 Å². The maximum atomic E-state index is 13.3. The first-order chi connectivity index (χ1) is 16.9. The van der Waals surface area contributed by atoms with E-state index in [1.807, 2.05) is 81.4 Å². The van der Waals surface area contributed by atoms with Crippen LogP contribution in [0.15, 0.2) is 83.0 Å². The van der Waals surface area contributed by atoms with Gasteiger partial charge in [0.25, 0.3) is 5.89 Å². The standard InChI is InChI=1S/C29H28N4O2/c1-5-21-11-15-23(16-12-21)27-31-28(35-32-27)25-20(4)33(24-8-6-7-19(3)17-24)29(34)30-26(25)22-13-9-18(2)10-14-22/h6-17,26H,5H2,1-4H3,(H,30,34). The molecule has 2 amide bonds. The number of anilines is 1. The van der Waals surface area contributed by atoms with E-state index in [9.17, 15) is 4.79 Å². The minimum absolute atomic E-state index is 0.197. The maximum absolute atomic E-state index is 13.3. The van der Waals surface area contributed by atoms with Crippen molar-refractivity contribution in [2.75, 3.05) is 4.90 Å². The summed E-state index contributed by atoms with van der Waals surface area (Å²) in [6.45, 7) is 8.10. The number of nitrogens with zero attached hydrogens (tertiary/aromatic N) is 3. The molecule has 2 heterocycles. The summed E-state index contributed by atoms with van der Waals surface area (Å²) in [6.07, 6.45) is 0.969. The number of hydrogen-bond acceptors (Lipinski definition) is 4. The number of amides is 2. The minimum Gasteiger partial charge on any atom is -0.334 e. The topological polar surface area (TPSA) is 71.3 Å². The van der Waals surface area contributed by atoms with Crippen LogP contribution in [-0.2, 0) is 6.42 Å². The van der Waals surface area contributed by atoms with Crippen molar-refractivity contribution in [2.24, 2.45) is 0 Å². The van der Waals surface area contributed by atoms with E-state index in [0.717, 1.165) is 45.6 Å². The van der Waals surface area contributed by atoms with Crippen LogP contribution in [0.1, 0.15) is 48.0 Å². The normalized spacial score (nSPS) is 15.9. The number of rotatable bonds is 5. The van der Waals surface area contributed by atoms with Gasteiger partial charge in [0, 0.05) is 11.3 Å². The van der Waals surface area contributed by atoms with Gasteiger partial charge in [-0.3, -0.25) is 4.90 Å². The zero-order chi connectivity index (χ0) is 24.5. The van der Waals surface area contributed by atoms with Gasteiger partial charge in [0.1, 0.15) is 0 Å². The lowest BCUT2D eigenvalue weighted by Gasteiger charge is -2.35. The Labute approximate surface area is 205 Å². The van der Waals surface area contributed by atoms with E-state index in [4.69, 9.17) is 9.51 Å². The zero-order valence-electron chi connectivity index (χ0n) is 20.4. The second-order valence-electron chi connectivity index (χ2n) is 8.94. The first kappa shape index (κ1) is 22.6. The van der Waals surface area contributed by atoms with Crippen molar-refractivity contribution in [2.45, 2.75) is 40.2 Å². The highest BCUT2D eigenvalue weighted by molar-refractivity contribution is 6.01. The van der Waals surface area contributed by atoms with Gasteiger partial charge in [-0.25, -0.2) is 4.79 Å². The number of benzene rings is 3. The van der Waals surface area contributed by atoms with Crippen LogP contribution in [0.3, 0.4) is 0 Å². The first-order valence-electron chi connectivity index (χ1n) is 11.8. The van der Waals surface area contributed by atoms with Crippen molar-refractivity contribution in [3.05, 3.63) is 107 Å². The Morgan fingerprint density at radius 3 is 2.37 bits per heavy atom. The number of aryl methyl sites for hydroxylation is 3. The third-order valence-corrected chi connectivity index (χ3v) is 6.43. The Balaban J connectivity index is 1.63. The van der Waals surface area contributed by atoms with Gasteiger partial charge in [-0.15, -0.1) is 0 Å². The molecule has 1 unspecified atom stereocenters. The molecule has 0 bridgehead atoms. The van der Waals surface area contributed by atoms with Crippen LogP contribution in [0, 0.1) is 13.8 Å². The monoisotopic (exact) mass is 464 g/mol. The van der Waals surface area contributed by atoms with Crippen molar-refractivity contribution >= 4 is 17.3 Å². The lowest BCUT2D eigenvalue weighted by Crippen LogP contribution is -2.46. The molecule has 1 atom stereocenters. The third kappa shape index (κ3) is 4.35. The van der Waals surface area contributed by atoms with Crippen molar-refractivity contribution < 1.29 is 9.32 Å². The highest BCUT2D eigenvalue weighted by Crippen LogP contribution is 2.39. The Morgan fingerprint density at radius 2 is 1.69 bits per heavy atom. The highest BCUT2D eigenvalue weighted by Gasteiger charge is 2.36. The van der Waals surface area contributed by atoms with Crippen LogP contribution in [0.25, 0.3) is 17.0 Å². The van der Waals surface area contributed by atoms with Crippen LogP contribution in [0.4, 0.5) is 10.5 Å². The van der Waals surface area contributed by atoms with Crippen molar-refractivity contribution in [3.63, 3.8) is 0 Å². The number of allylic oxidation sites excluding steroid dienone is 1. The van der Waals surface area contributed by atoms with Gasteiger partial charge in [-0.1, -0.05) is 78.3 Å². The van der Waals surface area contributed by atoms with Crippen LogP contribution in [0.2, 0.25) is 0 Å². The molecule has 3 aromatic carbocycles. The Kier molecular flexibility index (Phi) is 5.95. The average molecular weight is 465 g/mol. The van der Waals surface area contributed by atoms with E-state index in [1.54, 1.807) is 4.90 Å². The lowest BCUT2D eigenvalue weighted by atomic mass is 9.94. The number of aromatic nitrogens is 2. The van der Waals surface area contributed by atoms with Crippen LogP contribution >= 0.6 is 0 Å². The summed E-state index contributed by atoms with van der Waals surface area (Å²) >= 11 is 0. The number of urea groups is 1. The van der Waals surface area contributed by atoms with E-state index in [1.165, 1.54) is 5.56 Å². The van der Waals surface area contributed by atoms with Crippen molar-refractivity contribution in [1.82, 2.24) is 15.5 Å². The number of hydrogen-bond donors (Lipinski definition) is 1. The molecule has 0 saturated carbocycles. The molecule has 0 aliphatic carbocycles. The zero-order valence-corrected chi connectivity index (χ0v) is 20.4. The molecule has 1 aromatic heterocycles. The van der Waals surface area contributed by atoms with Crippen molar-refractivity contribution in [1.29, 1.82) is 0 Å². The molecule has 6 nitrogen and oxygen atoms in total. The molecule has 0 radical (unpaired) electrons. The van der Waals surface area contributed by atoms with Gasteiger partial charge in [0.15, 0.2) is 0 Å². The van der Waals surface area contributed by atoms with Gasteiger partial charge in [-0.05, 0) is 56.0 Å². The lowest BCUT2D eigenvalue weighted by molar-refractivity contribution is 0.244. The van der Waals surface area contributed by atoms with E-state index < -0.39 is 6.04 Å². The SMILES string of the molecule is CCc1ccc(-c2noc(C3=C(C)N(c4cccc(C)c4)C(=O)NC3c3ccc(C)cc3)n2)cc1. The summed E-state index contributed by atoms with van der Waals surface area (Å²) in [5, 5.41) is 7.44. The fourth-order valence-corrected chi connectivity index (χ4v) is 4.45.